The molecule has 2 rings (SSSR count). The van der Waals surface area contributed by atoms with Gasteiger partial charge < -0.3 is 15.1 Å². The number of terminal acetylenes is 1. The predicted molar refractivity (Wildman–Crippen MR) is 139 cm³/mol. The molecule has 0 aliphatic carbocycles. The highest BCUT2D eigenvalue weighted by molar-refractivity contribution is 5.93. The van der Waals surface area contributed by atoms with Crippen molar-refractivity contribution in [3.05, 3.63) is 107 Å². The SMILES string of the molecule is C#C/C=C(F)\C=C/Cc1ncccc(C(=O)N(C)Cc2ccc(F)cc2)ccnc1CCCC(F)(F)C(O)O. The standard InChI is InChI=1S/C29H29F4N3O3/c1-3-7-23(30)9-4-10-25-26(11-5-17-29(32,33)28(38)39)35-19-16-22(8-6-18-34-25)27(37)36(2)20-21-12-14-24(31)15-13-21/h1,4,6-9,12-16,18-19,28,38-39H,5,10-11,17,20H2,2H3/b8-6?,9-4-,18-6?,19-16?,22-8?,22-16?,23-7+,26-25?,34-18?,34-25?,35-19?,35-26?. The van der Waals surface area contributed by atoms with E-state index < -0.39 is 24.5 Å². The molecule has 2 N–H and O–H groups in total. The fraction of sp³-hybridized carbons (Fsp3) is 0.276. The molecule has 0 aliphatic heterocycles. The van der Waals surface area contributed by atoms with Gasteiger partial charge in [0.25, 0.3) is 11.8 Å². The van der Waals surface area contributed by atoms with E-state index in [1.54, 1.807) is 19.2 Å². The van der Waals surface area contributed by atoms with Crippen molar-refractivity contribution < 1.29 is 32.6 Å². The number of amides is 1. The molecular weight excluding hydrogens is 514 g/mol. The Balaban J connectivity index is 2.35. The fourth-order valence-corrected chi connectivity index (χ4v) is 3.40. The molecule has 0 aliphatic rings. The van der Waals surface area contributed by atoms with Gasteiger partial charge in [-0.3, -0.25) is 14.8 Å². The lowest BCUT2D eigenvalue weighted by atomic mass is 10.1. The first-order valence-corrected chi connectivity index (χ1v) is 11.9. The number of halogens is 4. The van der Waals surface area contributed by atoms with Gasteiger partial charge in [-0.1, -0.05) is 24.1 Å². The average molecular weight is 544 g/mol. The van der Waals surface area contributed by atoms with Crippen LogP contribution < -0.4 is 0 Å². The van der Waals surface area contributed by atoms with E-state index in [4.69, 9.17) is 16.6 Å². The second kappa shape index (κ2) is 15.4. The zero-order valence-electron chi connectivity index (χ0n) is 21.3. The van der Waals surface area contributed by atoms with Crippen molar-refractivity contribution in [2.75, 3.05) is 7.05 Å². The number of aliphatic hydroxyl groups is 2. The van der Waals surface area contributed by atoms with Crippen molar-refractivity contribution in [3.63, 3.8) is 0 Å². The Morgan fingerprint density at radius 3 is 2.49 bits per heavy atom. The van der Waals surface area contributed by atoms with E-state index in [0.29, 0.717) is 11.4 Å². The minimum Gasteiger partial charge on any atom is -0.363 e. The summed E-state index contributed by atoms with van der Waals surface area (Å²) in [5.74, 6) is -3.03. The van der Waals surface area contributed by atoms with Gasteiger partial charge in [0, 0.05) is 50.5 Å². The summed E-state index contributed by atoms with van der Waals surface area (Å²) in [7, 11) is 1.59. The molecule has 0 saturated heterocycles. The Labute approximate surface area is 224 Å². The minimum atomic E-state index is -3.70. The van der Waals surface area contributed by atoms with Crippen LogP contribution in [-0.2, 0) is 19.4 Å². The number of hydrogen-bond donors (Lipinski definition) is 2. The number of aryl methyl sites for hydroxylation is 1. The van der Waals surface area contributed by atoms with Crippen LogP contribution in [0.1, 0.15) is 40.2 Å². The smallest absolute Gasteiger partial charge is 0.297 e. The molecule has 1 heterocycles. The number of aliphatic hydroxyl groups excluding tert-OH is 1. The lowest BCUT2D eigenvalue weighted by Crippen LogP contribution is -2.33. The number of allylic oxidation sites excluding steroid dienone is 4. The minimum absolute atomic E-state index is 0.00664. The largest absolute Gasteiger partial charge is 0.363 e. The summed E-state index contributed by atoms with van der Waals surface area (Å²) in [5, 5.41) is 17.7. The van der Waals surface area contributed by atoms with Gasteiger partial charge in [-0.05, 0) is 54.8 Å². The van der Waals surface area contributed by atoms with E-state index in [9.17, 15) is 22.4 Å². The molecular formula is C29H29F4N3O3. The number of carbonyl (C=O) groups excluding carboxylic acids is 1. The average Bonchev–Trinajstić information content (AvgIpc) is 2.89. The molecule has 0 unspecified atom stereocenters. The van der Waals surface area contributed by atoms with Crippen molar-refractivity contribution in [1.82, 2.24) is 14.9 Å². The van der Waals surface area contributed by atoms with Crippen LogP contribution in [0.5, 0.6) is 0 Å². The van der Waals surface area contributed by atoms with Crippen LogP contribution >= 0.6 is 0 Å². The molecule has 0 atom stereocenters. The summed E-state index contributed by atoms with van der Waals surface area (Å²) in [6, 6.07) is 10.2. The highest BCUT2D eigenvalue weighted by atomic mass is 19.3. The van der Waals surface area contributed by atoms with E-state index in [0.717, 1.165) is 17.7 Å². The Bertz CT molecular complexity index is 1270. The van der Waals surface area contributed by atoms with E-state index >= 15 is 0 Å². The Morgan fingerprint density at radius 1 is 1.13 bits per heavy atom. The molecule has 1 aromatic heterocycles. The topological polar surface area (TPSA) is 86.6 Å². The van der Waals surface area contributed by atoms with Crippen LogP contribution in [0, 0.1) is 18.2 Å². The van der Waals surface area contributed by atoms with E-state index in [1.165, 1.54) is 53.7 Å². The number of aromatic nitrogens is 2. The third-order valence-corrected chi connectivity index (χ3v) is 5.45. The van der Waals surface area contributed by atoms with Crippen LogP contribution in [0.25, 0.3) is 0 Å². The van der Waals surface area contributed by atoms with E-state index in [-0.39, 0.29) is 43.1 Å². The molecule has 1 amide bonds. The number of rotatable bonds is 11. The van der Waals surface area contributed by atoms with Crippen molar-refractivity contribution in [2.24, 2.45) is 0 Å². The Kier molecular flexibility index (Phi) is 12.3. The molecule has 0 bridgehead atoms. The zero-order valence-corrected chi connectivity index (χ0v) is 21.3. The molecule has 39 heavy (non-hydrogen) atoms. The zero-order chi connectivity index (χ0) is 28.8. The molecule has 0 fully saturated rings. The van der Waals surface area contributed by atoms with Gasteiger partial charge in [-0.25, -0.2) is 17.6 Å². The molecule has 0 spiro atoms. The van der Waals surface area contributed by atoms with Crippen LogP contribution in [-0.4, -0.2) is 50.2 Å². The van der Waals surface area contributed by atoms with E-state index in [1.807, 2.05) is 0 Å². The van der Waals surface area contributed by atoms with E-state index in [2.05, 4.69) is 15.9 Å². The first-order valence-electron chi connectivity index (χ1n) is 11.9. The summed E-state index contributed by atoms with van der Waals surface area (Å²) < 4.78 is 54.1. The second-order valence-electron chi connectivity index (χ2n) is 8.51. The van der Waals surface area contributed by atoms with Gasteiger partial charge in [0.15, 0.2) is 0 Å². The predicted octanol–water partition coefficient (Wildman–Crippen LogP) is 4.87. The molecule has 10 heteroatoms. The lowest BCUT2D eigenvalue weighted by molar-refractivity contribution is -0.211. The van der Waals surface area contributed by atoms with Crippen molar-refractivity contribution in [3.8, 4) is 12.3 Å². The highest BCUT2D eigenvalue weighted by Gasteiger charge is 2.36. The maximum atomic E-state index is 13.7. The monoisotopic (exact) mass is 543 g/mol. The van der Waals surface area contributed by atoms with Crippen LogP contribution in [0.2, 0.25) is 0 Å². The normalized spacial score (nSPS) is 11.8. The van der Waals surface area contributed by atoms with Gasteiger partial charge in [0.1, 0.15) is 11.6 Å². The quantitative estimate of drug-likeness (QED) is 0.183. The Morgan fingerprint density at radius 2 is 1.82 bits per heavy atom. The highest BCUT2D eigenvalue weighted by Crippen LogP contribution is 2.24. The van der Waals surface area contributed by atoms with Crippen molar-refractivity contribution in [1.29, 1.82) is 0 Å². The molecule has 2 aromatic rings. The van der Waals surface area contributed by atoms with Gasteiger partial charge in [-0.15, -0.1) is 6.42 Å². The third-order valence-electron chi connectivity index (χ3n) is 5.45. The molecule has 0 radical (unpaired) electrons. The number of benzene rings is 1. The lowest BCUT2D eigenvalue weighted by Gasteiger charge is -2.17. The summed E-state index contributed by atoms with van der Waals surface area (Å²) in [5.41, 5.74) is 1.63. The molecule has 1 aromatic carbocycles. The van der Waals surface area contributed by atoms with Gasteiger partial charge in [-0.2, -0.15) is 0 Å². The molecule has 6 nitrogen and oxygen atoms in total. The van der Waals surface area contributed by atoms with Gasteiger partial charge in [0.2, 0.25) is 6.29 Å². The first kappa shape index (κ1) is 31.1. The maximum absolute atomic E-state index is 13.7. The maximum Gasteiger partial charge on any atom is 0.297 e. The van der Waals surface area contributed by atoms with Crippen LogP contribution in [0.4, 0.5) is 17.6 Å². The van der Waals surface area contributed by atoms with Crippen molar-refractivity contribution in [2.45, 2.75) is 44.4 Å². The van der Waals surface area contributed by atoms with Crippen LogP contribution in [0.15, 0.2) is 78.9 Å². The Hall–Kier alpha value is -4.07. The van der Waals surface area contributed by atoms with Gasteiger partial charge >= 0.3 is 0 Å². The summed E-state index contributed by atoms with van der Waals surface area (Å²) in [6.07, 6.45) is 7.61. The first-order chi connectivity index (χ1) is 18.5. The summed E-state index contributed by atoms with van der Waals surface area (Å²) in [4.78, 5) is 23.1. The number of nitrogens with zero attached hydrogens (tertiary/aromatic N) is 3. The van der Waals surface area contributed by atoms with Crippen molar-refractivity contribution >= 4 is 5.91 Å². The molecule has 0 saturated carbocycles. The summed E-state index contributed by atoms with van der Waals surface area (Å²) in [6.45, 7) is 0.229. The molecule has 206 valence electrons. The fourth-order valence-electron chi connectivity index (χ4n) is 3.40. The second-order valence-corrected chi connectivity index (χ2v) is 8.51. The summed E-state index contributed by atoms with van der Waals surface area (Å²) >= 11 is 0. The number of alkyl halides is 2. The third kappa shape index (κ3) is 10.7. The number of hydrogen-bond acceptors (Lipinski definition) is 5. The van der Waals surface area contributed by atoms with Gasteiger partial charge in [0.05, 0.1) is 11.4 Å². The van der Waals surface area contributed by atoms with Crippen LogP contribution in [0.3, 0.4) is 0 Å². The number of carbonyl (C=O) groups is 1.